The van der Waals surface area contributed by atoms with E-state index < -0.39 is 0 Å². The summed E-state index contributed by atoms with van der Waals surface area (Å²) in [7, 11) is 0. The molecule has 2 unspecified atom stereocenters. The van der Waals surface area contributed by atoms with Crippen molar-refractivity contribution in [1.82, 2.24) is 10.2 Å². The van der Waals surface area contributed by atoms with Crippen molar-refractivity contribution in [3.63, 3.8) is 0 Å². The first-order valence-corrected chi connectivity index (χ1v) is 6.45. The summed E-state index contributed by atoms with van der Waals surface area (Å²) in [5.74, 6) is 1.00. The summed E-state index contributed by atoms with van der Waals surface area (Å²) in [4.78, 5) is 13.7. The van der Waals surface area contributed by atoms with Crippen molar-refractivity contribution in [1.29, 1.82) is 0 Å². The smallest absolute Gasteiger partial charge is 0.224 e. The van der Waals surface area contributed by atoms with Crippen LogP contribution in [0.15, 0.2) is 0 Å². The highest BCUT2D eigenvalue weighted by Crippen LogP contribution is 2.15. The molecule has 0 saturated carbocycles. The molecule has 3 nitrogen and oxygen atoms in total. The average Bonchev–Trinajstić information content (AvgIpc) is 2.44. The lowest BCUT2D eigenvalue weighted by Crippen LogP contribution is -2.40. The molecule has 94 valence electrons. The van der Waals surface area contributed by atoms with E-state index in [-0.39, 0.29) is 0 Å². The van der Waals surface area contributed by atoms with Gasteiger partial charge in [-0.3, -0.25) is 4.79 Å². The summed E-state index contributed by atoms with van der Waals surface area (Å²) in [6.45, 7) is 11.7. The lowest BCUT2D eigenvalue weighted by atomic mass is 10.0. The molecule has 1 heterocycles. The Morgan fingerprint density at radius 3 is 2.38 bits per heavy atom. The summed E-state index contributed by atoms with van der Waals surface area (Å²) < 4.78 is 0. The predicted octanol–water partition coefficient (Wildman–Crippen LogP) is 2.02. The molecule has 0 aromatic rings. The number of hydrogen-bond acceptors (Lipinski definition) is 2. The molecule has 1 N–H and O–H groups in total. The van der Waals surface area contributed by atoms with E-state index in [2.05, 4.69) is 39.9 Å². The van der Waals surface area contributed by atoms with Crippen LogP contribution in [0.5, 0.6) is 0 Å². The maximum Gasteiger partial charge on any atom is 0.224 e. The molecule has 0 aromatic carbocycles. The van der Waals surface area contributed by atoms with Crippen molar-refractivity contribution in [2.24, 2.45) is 5.92 Å². The Morgan fingerprint density at radius 2 is 1.94 bits per heavy atom. The summed E-state index contributed by atoms with van der Waals surface area (Å²) in [6, 6.07) is 1.19. The van der Waals surface area contributed by atoms with E-state index >= 15 is 0 Å². The second-order valence-electron chi connectivity index (χ2n) is 5.74. The minimum atomic E-state index is 0.296. The third-order valence-corrected chi connectivity index (χ3v) is 3.13. The first-order chi connectivity index (χ1) is 7.40. The van der Waals surface area contributed by atoms with Crippen LogP contribution in [0.2, 0.25) is 0 Å². The van der Waals surface area contributed by atoms with Gasteiger partial charge in [-0.15, -0.1) is 0 Å². The van der Waals surface area contributed by atoms with Crippen molar-refractivity contribution in [2.75, 3.05) is 6.54 Å². The predicted molar refractivity (Wildman–Crippen MR) is 67.3 cm³/mol. The number of hydrogen-bond donors (Lipinski definition) is 1. The van der Waals surface area contributed by atoms with E-state index in [0.29, 0.717) is 36.4 Å². The van der Waals surface area contributed by atoms with Crippen molar-refractivity contribution < 1.29 is 4.79 Å². The van der Waals surface area contributed by atoms with E-state index in [1.54, 1.807) is 0 Å². The molecule has 1 fully saturated rings. The molecule has 0 aliphatic carbocycles. The molecular weight excluding hydrogens is 200 g/mol. The van der Waals surface area contributed by atoms with Crippen LogP contribution in [0, 0.1) is 5.92 Å². The number of nitrogens with zero attached hydrogens (tertiary/aromatic N) is 1. The first kappa shape index (κ1) is 13.5. The molecule has 1 amide bonds. The Bertz CT molecular complexity index is 238. The highest BCUT2D eigenvalue weighted by molar-refractivity contribution is 5.79. The van der Waals surface area contributed by atoms with Crippen molar-refractivity contribution in [3.8, 4) is 0 Å². The molecule has 3 heteroatoms. The summed E-state index contributed by atoms with van der Waals surface area (Å²) in [5.41, 5.74) is 0. The fourth-order valence-electron chi connectivity index (χ4n) is 2.52. The van der Waals surface area contributed by atoms with E-state index in [1.807, 2.05) is 4.90 Å². The minimum Gasteiger partial charge on any atom is -0.339 e. The Balaban J connectivity index is 2.38. The van der Waals surface area contributed by atoms with Gasteiger partial charge in [0.2, 0.25) is 5.91 Å². The number of amides is 1. The van der Waals surface area contributed by atoms with Crippen LogP contribution >= 0.6 is 0 Å². The van der Waals surface area contributed by atoms with Crippen LogP contribution in [-0.4, -0.2) is 35.5 Å². The van der Waals surface area contributed by atoms with E-state index in [0.717, 1.165) is 6.54 Å². The van der Waals surface area contributed by atoms with Crippen LogP contribution in [0.25, 0.3) is 0 Å². The SMILES string of the molecule is CC(C)CC(C)NC1CC(=O)N(C(C)C)C1. The van der Waals surface area contributed by atoms with Crippen LogP contribution in [0.1, 0.15) is 47.5 Å². The van der Waals surface area contributed by atoms with Gasteiger partial charge in [0, 0.05) is 31.1 Å². The zero-order valence-corrected chi connectivity index (χ0v) is 11.3. The molecule has 0 bridgehead atoms. The molecule has 16 heavy (non-hydrogen) atoms. The lowest BCUT2D eigenvalue weighted by Gasteiger charge is -2.23. The summed E-state index contributed by atoms with van der Waals surface area (Å²) >= 11 is 0. The van der Waals surface area contributed by atoms with Gasteiger partial charge in [-0.1, -0.05) is 13.8 Å². The van der Waals surface area contributed by atoms with Gasteiger partial charge in [0.25, 0.3) is 0 Å². The fraction of sp³-hybridized carbons (Fsp3) is 0.923. The van der Waals surface area contributed by atoms with Gasteiger partial charge in [0.15, 0.2) is 0 Å². The second kappa shape index (κ2) is 5.67. The standard InChI is InChI=1S/C13H26N2O/c1-9(2)6-11(5)14-12-7-13(16)15(8-12)10(3)4/h9-12,14H,6-8H2,1-5H3. The Labute approximate surface area is 99.6 Å². The number of nitrogens with one attached hydrogen (secondary N) is 1. The molecule has 1 rings (SSSR count). The Morgan fingerprint density at radius 1 is 1.31 bits per heavy atom. The first-order valence-electron chi connectivity index (χ1n) is 6.45. The quantitative estimate of drug-likeness (QED) is 0.778. The normalized spacial score (nSPS) is 23.6. The van der Waals surface area contributed by atoms with Crippen molar-refractivity contribution >= 4 is 5.91 Å². The van der Waals surface area contributed by atoms with Gasteiger partial charge in [-0.25, -0.2) is 0 Å². The number of carbonyl (C=O) groups is 1. The maximum absolute atomic E-state index is 11.7. The largest absolute Gasteiger partial charge is 0.339 e. The van der Waals surface area contributed by atoms with Gasteiger partial charge in [-0.2, -0.15) is 0 Å². The maximum atomic E-state index is 11.7. The van der Waals surface area contributed by atoms with Crippen molar-refractivity contribution in [2.45, 2.75) is 65.6 Å². The molecule has 0 radical (unpaired) electrons. The van der Waals surface area contributed by atoms with Crippen LogP contribution in [0.4, 0.5) is 0 Å². The van der Waals surface area contributed by atoms with Crippen LogP contribution < -0.4 is 5.32 Å². The summed E-state index contributed by atoms with van der Waals surface area (Å²) in [5, 5.41) is 3.56. The third kappa shape index (κ3) is 3.78. The summed E-state index contributed by atoms with van der Waals surface area (Å²) in [6.07, 6.45) is 1.84. The van der Waals surface area contributed by atoms with Gasteiger partial charge in [0.1, 0.15) is 0 Å². The van der Waals surface area contributed by atoms with E-state index in [9.17, 15) is 4.79 Å². The number of carbonyl (C=O) groups excluding carboxylic acids is 1. The zero-order valence-electron chi connectivity index (χ0n) is 11.3. The van der Waals surface area contributed by atoms with Gasteiger partial charge in [0.05, 0.1) is 0 Å². The monoisotopic (exact) mass is 226 g/mol. The molecule has 0 aromatic heterocycles. The number of likely N-dealkylation sites (tertiary alicyclic amines) is 1. The highest BCUT2D eigenvalue weighted by atomic mass is 16.2. The molecule has 1 aliphatic rings. The number of rotatable bonds is 5. The molecular formula is C13H26N2O. The van der Waals surface area contributed by atoms with Crippen LogP contribution in [-0.2, 0) is 4.79 Å². The topological polar surface area (TPSA) is 32.3 Å². The molecule has 1 aliphatic heterocycles. The molecule has 1 saturated heterocycles. The van der Waals surface area contributed by atoms with Gasteiger partial charge >= 0.3 is 0 Å². The fourth-order valence-corrected chi connectivity index (χ4v) is 2.52. The third-order valence-electron chi connectivity index (χ3n) is 3.13. The minimum absolute atomic E-state index is 0.296. The molecule has 0 spiro atoms. The average molecular weight is 226 g/mol. The Kier molecular flexibility index (Phi) is 4.78. The molecule has 2 atom stereocenters. The van der Waals surface area contributed by atoms with Gasteiger partial charge < -0.3 is 10.2 Å². The van der Waals surface area contributed by atoms with Crippen molar-refractivity contribution in [3.05, 3.63) is 0 Å². The Hall–Kier alpha value is -0.570. The highest BCUT2D eigenvalue weighted by Gasteiger charge is 2.31. The second-order valence-corrected chi connectivity index (χ2v) is 5.74. The van der Waals surface area contributed by atoms with Crippen LogP contribution in [0.3, 0.4) is 0 Å². The van der Waals surface area contributed by atoms with E-state index in [4.69, 9.17) is 0 Å². The van der Waals surface area contributed by atoms with E-state index in [1.165, 1.54) is 6.42 Å². The lowest BCUT2D eigenvalue weighted by molar-refractivity contribution is -0.129. The zero-order chi connectivity index (χ0) is 12.3. The van der Waals surface area contributed by atoms with Gasteiger partial charge in [-0.05, 0) is 33.1 Å².